The van der Waals surface area contributed by atoms with E-state index in [4.69, 9.17) is 10.6 Å². The molecule has 23 heteroatoms. The molecule has 2 aromatic rings. The Morgan fingerprint density at radius 3 is 2.47 bits per heavy atom. The van der Waals surface area contributed by atoms with Gasteiger partial charge in [0.15, 0.2) is 16.6 Å². The molecule has 0 aliphatic carbocycles. The van der Waals surface area contributed by atoms with Crippen LogP contribution in [0.15, 0.2) is 27.6 Å². The van der Waals surface area contributed by atoms with Crippen molar-refractivity contribution in [2.24, 2.45) is 5.16 Å². The van der Waals surface area contributed by atoms with Gasteiger partial charge in [0, 0.05) is 24.1 Å². The molecule has 0 saturated carbocycles. The largest absolute Gasteiger partial charge is 0.503 e. The van der Waals surface area contributed by atoms with Gasteiger partial charge in [-0.05, 0) is 20.8 Å². The number of hydrogen-bond acceptors (Lipinski definition) is 15. The quantitative estimate of drug-likeness (QED) is 0.0761. The number of nitrogens with two attached hydrogens (primary N) is 1. The lowest BCUT2D eigenvalue weighted by molar-refractivity contribution is -0.161. The summed E-state index contributed by atoms with van der Waals surface area (Å²) in [6.07, 6.45) is 0.386. The van der Waals surface area contributed by atoms with Gasteiger partial charge in [0.25, 0.3) is 17.7 Å². The molecular formula is C24H27N9O12S2. The van der Waals surface area contributed by atoms with Crippen molar-refractivity contribution in [2.75, 3.05) is 12.3 Å². The molecule has 0 aromatic carbocycles. The van der Waals surface area contributed by atoms with E-state index in [1.54, 1.807) is 4.72 Å². The number of amides is 6. The number of H-pyrrole nitrogens is 1. The summed E-state index contributed by atoms with van der Waals surface area (Å²) < 4.78 is 27.7. The molecule has 0 spiro atoms. The summed E-state index contributed by atoms with van der Waals surface area (Å²) in [4.78, 5) is 98.3. The van der Waals surface area contributed by atoms with Crippen LogP contribution in [-0.2, 0) is 34.2 Å². The number of aromatic amines is 1. The number of pyridine rings is 1. The number of thiazole rings is 1. The maximum atomic E-state index is 13.1. The number of aromatic hydroxyl groups is 1. The smallest absolute Gasteiger partial charge is 0.350 e. The first-order chi connectivity index (χ1) is 21.8. The predicted octanol–water partition coefficient (Wildman–Crippen LogP) is -2.60. The molecule has 0 unspecified atom stereocenters. The normalized spacial score (nSPS) is 20.0. The SMILES string of the molecule is C[C@H]1[C@H](NC(=O)/C(=N\OC(C)(C)C(=O)O)c2csc(N)n2)C(=O)N1C(=O)NS(=O)(=O)N1C[C@H](NC(=O)c2cc(=O)c(O)c[nH]2)CC1=O. The van der Waals surface area contributed by atoms with Gasteiger partial charge in [-0.15, -0.1) is 11.3 Å². The number of aromatic nitrogens is 2. The van der Waals surface area contributed by atoms with Crippen LogP contribution in [0.3, 0.4) is 0 Å². The number of oxime groups is 1. The number of urea groups is 1. The summed E-state index contributed by atoms with van der Waals surface area (Å²) in [5.41, 5.74) is 1.99. The molecule has 4 heterocycles. The Hall–Kier alpha value is -5.58. The molecule has 2 aliphatic heterocycles. The van der Waals surface area contributed by atoms with Crippen molar-refractivity contribution in [3.63, 3.8) is 0 Å². The van der Waals surface area contributed by atoms with Gasteiger partial charge in [-0.1, -0.05) is 5.16 Å². The Morgan fingerprint density at radius 1 is 1.21 bits per heavy atom. The van der Waals surface area contributed by atoms with Crippen molar-refractivity contribution in [3.05, 3.63) is 39.3 Å². The fraction of sp³-hybridized carbons (Fsp3) is 0.375. The van der Waals surface area contributed by atoms with Crippen LogP contribution in [0, 0.1) is 0 Å². The van der Waals surface area contributed by atoms with Gasteiger partial charge in [-0.3, -0.25) is 28.9 Å². The minimum atomic E-state index is -4.88. The summed E-state index contributed by atoms with van der Waals surface area (Å²) >= 11 is 0.932. The number of hydrogen-bond donors (Lipinski definition) is 7. The molecule has 0 bridgehead atoms. The highest BCUT2D eigenvalue weighted by atomic mass is 32.2. The number of carboxylic acid groups (broad SMARTS) is 1. The van der Waals surface area contributed by atoms with Crippen LogP contribution >= 0.6 is 11.3 Å². The number of nitrogen functional groups attached to an aromatic ring is 1. The molecule has 2 aliphatic rings. The van der Waals surface area contributed by atoms with E-state index in [1.807, 2.05) is 0 Å². The maximum Gasteiger partial charge on any atom is 0.350 e. The zero-order valence-corrected chi connectivity index (χ0v) is 26.2. The second-order valence-corrected chi connectivity index (χ2v) is 13.1. The van der Waals surface area contributed by atoms with Gasteiger partial charge in [-0.2, -0.15) is 8.42 Å². The van der Waals surface area contributed by atoms with Gasteiger partial charge < -0.3 is 36.4 Å². The minimum absolute atomic E-state index is 0.0361. The molecule has 2 saturated heterocycles. The summed E-state index contributed by atoms with van der Waals surface area (Å²) in [5, 5.41) is 28.2. The third kappa shape index (κ3) is 7.14. The van der Waals surface area contributed by atoms with Crippen molar-refractivity contribution in [1.29, 1.82) is 0 Å². The van der Waals surface area contributed by atoms with Gasteiger partial charge >= 0.3 is 22.2 Å². The number of β-lactam (4-membered cyclic amide) rings is 1. The molecule has 4 rings (SSSR count). The zero-order valence-electron chi connectivity index (χ0n) is 24.5. The molecule has 2 fully saturated rings. The van der Waals surface area contributed by atoms with Crippen LogP contribution < -0.4 is 26.5 Å². The highest BCUT2D eigenvalue weighted by Crippen LogP contribution is 2.23. The molecule has 47 heavy (non-hydrogen) atoms. The second-order valence-electron chi connectivity index (χ2n) is 10.6. The zero-order chi connectivity index (χ0) is 35.0. The summed E-state index contributed by atoms with van der Waals surface area (Å²) in [5.74, 6) is -6.00. The van der Waals surface area contributed by atoms with Crippen LogP contribution in [-0.4, -0.2) is 109 Å². The highest BCUT2D eigenvalue weighted by molar-refractivity contribution is 7.88. The van der Waals surface area contributed by atoms with E-state index in [0.29, 0.717) is 4.90 Å². The number of rotatable bonds is 10. The Balaban J connectivity index is 1.39. The third-order valence-corrected chi connectivity index (χ3v) is 8.86. The Morgan fingerprint density at radius 2 is 1.89 bits per heavy atom. The second kappa shape index (κ2) is 12.7. The lowest BCUT2D eigenvalue weighted by atomic mass is 9.97. The molecule has 252 valence electrons. The van der Waals surface area contributed by atoms with Gasteiger partial charge in [-0.25, -0.2) is 23.6 Å². The number of imide groups is 1. The van der Waals surface area contributed by atoms with E-state index < -0.39 is 99.4 Å². The van der Waals surface area contributed by atoms with Crippen LogP contribution in [0.25, 0.3) is 0 Å². The number of carboxylic acids is 1. The van der Waals surface area contributed by atoms with Crippen LogP contribution in [0.2, 0.25) is 0 Å². The van der Waals surface area contributed by atoms with E-state index in [-0.39, 0.29) is 20.8 Å². The van der Waals surface area contributed by atoms with Gasteiger partial charge in [0.1, 0.15) is 17.4 Å². The number of anilines is 1. The lowest BCUT2D eigenvalue weighted by Gasteiger charge is -2.43. The van der Waals surface area contributed by atoms with Crippen molar-refractivity contribution >= 4 is 68.0 Å². The fourth-order valence-corrected chi connectivity index (χ4v) is 5.88. The van der Waals surface area contributed by atoms with Crippen molar-refractivity contribution in [1.82, 2.24) is 34.5 Å². The minimum Gasteiger partial charge on any atom is -0.503 e. The summed E-state index contributed by atoms with van der Waals surface area (Å²) in [6, 6.07) is -4.19. The first-order valence-electron chi connectivity index (χ1n) is 13.3. The van der Waals surface area contributed by atoms with Crippen LogP contribution in [0.1, 0.15) is 43.4 Å². The van der Waals surface area contributed by atoms with E-state index in [2.05, 4.69) is 25.8 Å². The fourth-order valence-electron chi connectivity index (χ4n) is 4.18. The predicted molar refractivity (Wildman–Crippen MR) is 158 cm³/mol. The first kappa shape index (κ1) is 34.3. The van der Waals surface area contributed by atoms with E-state index in [1.165, 1.54) is 26.2 Å². The monoisotopic (exact) mass is 697 g/mol. The third-order valence-electron chi connectivity index (χ3n) is 6.82. The number of nitrogens with zero attached hydrogens (tertiary/aromatic N) is 4. The topological polar surface area (TPSA) is 313 Å². The average Bonchev–Trinajstić information content (AvgIpc) is 3.57. The van der Waals surface area contributed by atoms with E-state index in [9.17, 15) is 52.2 Å². The molecule has 8 N–H and O–H groups in total. The Bertz CT molecular complexity index is 1870. The van der Waals surface area contributed by atoms with Crippen LogP contribution in [0.5, 0.6) is 5.75 Å². The molecule has 6 amide bonds. The molecular weight excluding hydrogens is 670 g/mol. The standard InChI is InChI=1S/C24H27N9O12S2/c1-9-16(29-19(38)17(12-8-46-22(25)28-12)30-45-24(2,3)21(40)41)20(39)33(9)23(42)31-47(43,44)32-7-10(4-15(32)36)27-18(37)11-5-13(34)14(35)6-26-11/h5-6,8-10,16,35H,4,7H2,1-3H3,(H2,25,28)(H,26,34)(H,27,37)(H,29,38)(H,31,42)(H,40,41)/b30-17-/t9-,10+,16-/m0/s1. The number of aliphatic carboxylic acids is 1. The number of likely N-dealkylation sites (tertiary alicyclic amines) is 1. The molecule has 0 radical (unpaired) electrons. The van der Waals surface area contributed by atoms with Crippen molar-refractivity contribution < 1.29 is 52.2 Å². The summed E-state index contributed by atoms with van der Waals surface area (Å²) in [7, 11) is -4.88. The van der Waals surface area contributed by atoms with Crippen molar-refractivity contribution in [3.8, 4) is 5.75 Å². The number of carbonyl (C=O) groups is 6. The number of carbonyl (C=O) groups excluding carboxylic acids is 5. The Labute approximate surface area is 267 Å². The van der Waals surface area contributed by atoms with Gasteiger partial charge in [0.2, 0.25) is 16.9 Å². The van der Waals surface area contributed by atoms with E-state index >= 15 is 0 Å². The molecule has 21 nitrogen and oxygen atoms in total. The lowest BCUT2D eigenvalue weighted by Crippen LogP contribution is -2.73. The molecule has 3 atom stereocenters. The summed E-state index contributed by atoms with van der Waals surface area (Å²) in [6.45, 7) is 3.04. The molecule has 2 aromatic heterocycles. The maximum absolute atomic E-state index is 13.1. The highest BCUT2D eigenvalue weighted by Gasteiger charge is 2.51. The van der Waals surface area contributed by atoms with Crippen molar-refractivity contribution in [2.45, 2.75) is 50.9 Å². The average molecular weight is 698 g/mol. The van der Waals surface area contributed by atoms with Crippen LogP contribution in [0.4, 0.5) is 9.93 Å². The van der Waals surface area contributed by atoms with E-state index in [0.717, 1.165) is 23.6 Å². The van der Waals surface area contributed by atoms with Gasteiger partial charge in [0.05, 0.1) is 18.6 Å². The number of nitrogens with one attached hydrogen (secondary N) is 4. The first-order valence-corrected chi connectivity index (χ1v) is 15.6. The Kier molecular flexibility index (Phi) is 9.24.